The van der Waals surface area contributed by atoms with Gasteiger partial charge in [0, 0.05) is 38.6 Å². The maximum atomic E-state index is 13.4. The summed E-state index contributed by atoms with van der Waals surface area (Å²) >= 11 is 0. The molecule has 0 aliphatic carbocycles. The lowest BCUT2D eigenvalue weighted by molar-refractivity contribution is -0.142. The summed E-state index contributed by atoms with van der Waals surface area (Å²) in [5.74, 6) is -0.0941. The molecule has 0 spiro atoms. The summed E-state index contributed by atoms with van der Waals surface area (Å²) in [6.07, 6.45) is 8.30. The van der Waals surface area contributed by atoms with Crippen molar-refractivity contribution >= 4 is 18.3 Å². The summed E-state index contributed by atoms with van der Waals surface area (Å²) in [7, 11) is 2.04. The van der Waals surface area contributed by atoms with Gasteiger partial charge in [-0.3, -0.25) is 19.1 Å². The maximum absolute atomic E-state index is 13.4. The number of rotatable bonds is 6. The van der Waals surface area contributed by atoms with Crippen LogP contribution in [-0.2, 0) is 16.1 Å². The number of amides is 2. The van der Waals surface area contributed by atoms with Gasteiger partial charge in [-0.1, -0.05) is 0 Å². The van der Waals surface area contributed by atoms with Crippen molar-refractivity contribution in [2.75, 3.05) is 33.2 Å². The van der Waals surface area contributed by atoms with Crippen LogP contribution in [0.25, 0.3) is 0 Å². The second kappa shape index (κ2) is 10.8. The molecule has 0 unspecified atom stereocenters. The van der Waals surface area contributed by atoms with Gasteiger partial charge in [0.15, 0.2) is 5.69 Å². The van der Waals surface area contributed by atoms with Gasteiger partial charge in [-0.2, -0.15) is 20.5 Å². The van der Waals surface area contributed by atoms with Gasteiger partial charge in [-0.25, -0.2) is 0 Å². The van der Waals surface area contributed by atoms with Crippen LogP contribution in [0.3, 0.4) is 0 Å². The number of likely N-dealkylation sites (tertiary alicyclic amines) is 2. The Balaban J connectivity index is 0.000000913. The molecule has 0 aromatic carbocycles. The Morgan fingerprint density at radius 3 is 2.88 bits per heavy atom. The summed E-state index contributed by atoms with van der Waals surface area (Å²) < 4.78 is 1.86. The molecule has 3 N–H and O–H groups in total. The fourth-order valence-corrected chi connectivity index (χ4v) is 4.65. The second-order valence-corrected chi connectivity index (χ2v) is 8.13. The summed E-state index contributed by atoms with van der Waals surface area (Å²) in [6, 6.07) is 1.73. The number of nitrogens with zero attached hydrogens (tertiary/aromatic N) is 6. The Hall–Kier alpha value is -3.28. The number of aromatic amines is 1. The zero-order chi connectivity index (χ0) is 23.0. The molecule has 12 heteroatoms. The number of aromatic nitrogens is 5. The van der Waals surface area contributed by atoms with Crippen molar-refractivity contribution in [3.63, 3.8) is 0 Å². The minimum absolute atomic E-state index is 0.0636. The molecular formula is C20H30N8O4. The van der Waals surface area contributed by atoms with E-state index in [0.717, 1.165) is 38.8 Å². The van der Waals surface area contributed by atoms with E-state index in [-0.39, 0.29) is 24.3 Å². The molecule has 0 bridgehead atoms. The third kappa shape index (κ3) is 5.13. The number of carbonyl (C=O) groups excluding carboxylic acids is 2. The number of carboxylic acid groups (broad SMARTS) is 1. The number of piperidine rings is 2. The van der Waals surface area contributed by atoms with Crippen LogP contribution in [0.1, 0.15) is 36.2 Å². The first-order valence-corrected chi connectivity index (χ1v) is 10.7. The fraction of sp³-hybridized carbons (Fsp3) is 0.600. The van der Waals surface area contributed by atoms with Gasteiger partial charge < -0.3 is 20.2 Å². The molecule has 32 heavy (non-hydrogen) atoms. The summed E-state index contributed by atoms with van der Waals surface area (Å²) in [5, 5.41) is 24.4. The first-order valence-electron chi connectivity index (χ1n) is 10.7. The molecule has 2 aromatic heterocycles. The van der Waals surface area contributed by atoms with Gasteiger partial charge in [0.1, 0.15) is 0 Å². The monoisotopic (exact) mass is 446 g/mol. The zero-order valence-corrected chi connectivity index (χ0v) is 18.2. The number of likely N-dealkylation sites (N-methyl/N-ethyl adjacent to an activating group) is 1. The van der Waals surface area contributed by atoms with E-state index in [0.29, 0.717) is 25.3 Å². The Labute approximate surface area is 185 Å². The fourth-order valence-electron chi connectivity index (χ4n) is 4.65. The average Bonchev–Trinajstić information content (AvgIpc) is 3.50. The molecule has 2 aromatic rings. The molecule has 174 valence electrons. The van der Waals surface area contributed by atoms with E-state index in [1.165, 1.54) is 6.20 Å². The Morgan fingerprint density at radius 2 is 2.19 bits per heavy atom. The molecule has 0 saturated carbocycles. The van der Waals surface area contributed by atoms with Crippen LogP contribution in [0.5, 0.6) is 0 Å². The normalized spacial score (nSPS) is 22.9. The van der Waals surface area contributed by atoms with Crippen LogP contribution in [0, 0.1) is 5.41 Å². The summed E-state index contributed by atoms with van der Waals surface area (Å²) in [6.45, 7) is 3.29. The Morgan fingerprint density at radius 1 is 1.38 bits per heavy atom. The number of fused-ring (bicyclic) bond motifs is 1. The highest BCUT2D eigenvalue weighted by molar-refractivity contribution is 5.93. The number of H-pyrrole nitrogens is 1. The molecule has 12 nitrogen and oxygen atoms in total. The van der Waals surface area contributed by atoms with Crippen molar-refractivity contribution in [2.24, 2.45) is 5.41 Å². The minimum Gasteiger partial charge on any atom is -0.483 e. The van der Waals surface area contributed by atoms with Crippen LogP contribution < -0.4 is 5.32 Å². The topological polar surface area (TPSA) is 149 Å². The average molecular weight is 447 g/mol. The molecule has 2 aliphatic heterocycles. The van der Waals surface area contributed by atoms with E-state index in [2.05, 4.69) is 30.7 Å². The van der Waals surface area contributed by atoms with Crippen molar-refractivity contribution in [2.45, 2.75) is 38.3 Å². The lowest BCUT2D eigenvalue weighted by Crippen LogP contribution is -2.66. The van der Waals surface area contributed by atoms with Crippen molar-refractivity contribution < 1.29 is 19.5 Å². The third-order valence-electron chi connectivity index (χ3n) is 6.22. The molecule has 2 aliphatic rings. The first-order chi connectivity index (χ1) is 15.5. The molecule has 4 rings (SSSR count). The minimum atomic E-state index is -0.546. The van der Waals surface area contributed by atoms with Crippen LogP contribution >= 0.6 is 0 Å². The van der Waals surface area contributed by atoms with Gasteiger partial charge in [0.05, 0.1) is 17.7 Å². The molecule has 4 heterocycles. The molecule has 2 atom stereocenters. The summed E-state index contributed by atoms with van der Waals surface area (Å²) in [4.78, 5) is 38.8. The van der Waals surface area contributed by atoms with E-state index in [1.54, 1.807) is 6.20 Å². The molecule has 2 amide bonds. The van der Waals surface area contributed by atoms with E-state index >= 15 is 0 Å². The van der Waals surface area contributed by atoms with E-state index < -0.39 is 5.41 Å². The van der Waals surface area contributed by atoms with Crippen LogP contribution in [0.4, 0.5) is 0 Å². The third-order valence-corrected chi connectivity index (χ3v) is 6.22. The molecule has 2 saturated heterocycles. The van der Waals surface area contributed by atoms with Gasteiger partial charge in [-0.05, 0) is 45.3 Å². The SMILES string of the molecule is CN1CC[C@]2(C(=O)NCCCn3cccn3)CCCN(C(=O)c3cn[nH]n3)[C@H]2C1.O=CO. The first kappa shape index (κ1) is 23.4. The van der Waals surface area contributed by atoms with Crippen LogP contribution in [-0.4, -0.2) is 97.7 Å². The van der Waals surface area contributed by atoms with E-state index in [9.17, 15) is 9.59 Å². The highest BCUT2D eigenvalue weighted by Gasteiger charge is 2.53. The van der Waals surface area contributed by atoms with Crippen LogP contribution in [0.15, 0.2) is 24.7 Å². The molecule has 0 radical (unpaired) electrons. The predicted molar refractivity (Wildman–Crippen MR) is 114 cm³/mol. The predicted octanol–water partition coefficient (Wildman–Crippen LogP) is -0.165. The van der Waals surface area contributed by atoms with Crippen molar-refractivity contribution in [3.8, 4) is 0 Å². The number of hydrogen-bond donors (Lipinski definition) is 3. The van der Waals surface area contributed by atoms with Crippen LogP contribution in [0.2, 0.25) is 0 Å². The molecule has 2 fully saturated rings. The highest BCUT2D eigenvalue weighted by Crippen LogP contribution is 2.43. The maximum Gasteiger partial charge on any atom is 0.290 e. The Bertz CT molecular complexity index is 872. The van der Waals surface area contributed by atoms with Gasteiger partial charge >= 0.3 is 0 Å². The number of nitrogens with one attached hydrogen (secondary N) is 2. The lowest BCUT2D eigenvalue weighted by atomic mass is 9.67. The van der Waals surface area contributed by atoms with Gasteiger partial charge in [-0.15, -0.1) is 0 Å². The van der Waals surface area contributed by atoms with Crippen molar-refractivity contribution in [1.82, 2.24) is 40.3 Å². The van der Waals surface area contributed by atoms with E-state index in [1.807, 2.05) is 28.9 Å². The van der Waals surface area contributed by atoms with Crippen molar-refractivity contribution in [3.05, 3.63) is 30.4 Å². The van der Waals surface area contributed by atoms with Gasteiger partial charge in [0.25, 0.3) is 12.4 Å². The highest BCUT2D eigenvalue weighted by atomic mass is 16.3. The standard InChI is InChI=1S/C19H28N8O2.CH2O2/c1-25-12-6-19(18(29)20-7-3-9-26-10-4-8-22-26)5-2-11-27(16(19)14-25)17(28)15-13-21-24-23-15;2-1-3/h4,8,10,13,16H,2-3,5-7,9,11-12,14H2,1H3,(H,20,29)(H,21,23,24);1H,(H,2,3)/t16-,19+;/m0./s1. The second-order valence-electron chi connectivity index (χ2n) is 8.13. The lowest BCUT2D eigenvalue weighted by Gasteiger charge is -2.53. The molecular weight excluding hydrogens is 416 g/mol. The summed E-state index contributed by atoms with van der Waals surface area (Å²) in [5.41, 5.74) is -0.246. The number of carbonyl (C=O) groups is 3. The Kier molecular flexibility index (Phi) is 7.92. The smallest absolute Gasteiger partial charge is 0.290 e. The zero-order valence-electron chi connectivity index (χ0n) is 18.2. The number of aryl methyl sites for hydroxylation is 1. The van der Waals surface area contributed by atoms with Gasteiger partial charge in [0.2, 0.25) is 5.91 Å². The quantitative estimate of drug-likeness (QED) is 0.409. The largest absolute Gasteiger partial charge is 0.483 e. The van der Waals surface area contributed by atoms with Crippen molar-refractivity contribution in [1.29, 1.82) is 0 Å². The van der Waals surface area contributed by atoms with E-state index in [4.69, 9.17) is 9.90 Å². The number of hydrogen-bond acceptors (Lipinski definition) is 7.